The van der Waals surface area contributed by atoms with Gasteiger partial charge >= 0.3 is 0 Å². The largest absolute Gasteiger partial charge is 0.352 e. The molecule has 1 fully saturated rings. The minimum Gasteiger partial charge on any atom is -0.352 e. The standard InChI is InChI=1S/C18H19N7/c1-12-7-20-17-21-8-13(10-24(12)17)14-3-6-25-15(14)9-19-16(23-25)22-11-18(2)4-5-18/h3,6-10H,4-5,11H2,1-2H3,(H,22,23). The number of hydrogen-bond donors (Lipinski definition) is 1. The first-order valence-electron chi connectivity index (χ1n) is 8.50. The van der Waals surface area contributed by atoms with Crippen molar-refractivity contribution in [2.75, 3.05) is 11.9 Å². The molecule has 0 atom stereocenters. The van der Waals surface area contributed by atoms with E-state index < -0.39 is 0 Å². The average molecular weight is 333 g/mol. The first-order valence-corrected chi connectivity index (χ1v) is 8.50. The molecule has 0 amide bonds. The Morgan fingerprint density at radius 2 is 2.00 bits per heavy atom. The van der Waals surface area contributed by atoms with Crippen molar-refractivity contribution in [1.82, 2.24) is 29.0 Å². The highest BCUT2D eigenvalue weighted by molar-refractivity contribution is 5.79. The zero-order valence-corrected chi connectivity index (χ0v) is 14.3. The second kappa shape index (κ2) is 5.02. The highest BCUT2D eigenvalue weighted by Crippen LogP contribution is 2.44. The van der Waals surface area contributed by atoms with E-state index in [1.807, 2.05) is 46.7 Å². The Morgan fingerprint density at radius 3 is 2.84 bits per heavy atom. The number of anilines is 1. The summed E-state index contributed by atoms with van der Waals surface area (Å²) in [5, 5.41) is 7.93. The molecule has 1 aliphatic rings. The van der Waals surface area contributed by atoms with Crippen molar-refractivity contribution in [2.24, 2.45) is 5.41 Å². The number of rotatable bonds is 4. The highest BCUT2D eigenvalue weighted by atomic mass is 15.3. The molecule has 0 saturated heterocycles. The van der Waals surface area contributed by atoms with Gasteiger partial charge in [-0.15, -0.1) is 5.10 Å². The third kappa shape index (κ3) is 2.43. The van der Waals surface area contributed by atoms with E-state index >= 15 is 0 Å². The van der Waals surface area contributed by atoms with Crippen molar-refractivity contribution >= 4 is 17.2 Å². The Hall–Kier alpha value is -2.96. The zero-order chi connectivity index (χ0) is 17.0. The molecule has 1 N–H and O–H groups in total. The maximum atomic E-state index is 4.58. The Kier molecular flexibility index (Phi) is 2.89. The summed E-state index contributed by atoms with van der Waals surface area (Å²) in [6.45, 7) is 5.23. The van der Waals surface area contributed by atoms with E-state index in [9.17, 15) is 0 Å². The van der Waals surface area contributed by atoms with Gasteiger partial charge in [-0.3, -0.25) is 4.40 Å². The van der Waals surface area contributed by atoms with Gasteiger partial charge in [-0.05, 0) is 31.2 Å². The van der Waals surface area contributed by atoms with Gasteiger partial charge < -0.3 is 5.32 Å². The van der Waals surface area contributed by atoms with Crippen molar-refractivity contribution in [3.05, 3.63) is 42.7 Å². The predicted octanol–water partition coefficient (Wildman–Crippen LogP) is 2.96. The summed E-state index contributed by atoms with van der Waals surface area (Å²) in [6, 6.07) is 2.05. The molecular formula is C18H19N7. The highest BCUT2D eigenvalue weighted by Gasteiger charge is 2.36. The summed E-state index contributed by atoms with van der Waals surface area (Å²) in [4.78, 5) is 13.2. The second-order valence-corrected chi connectivity index (χ2v) is 7.22. The average Bonchev–Trinajstić information content (AvgIpc) is 3.05. The quantitative estimate of drug-likeness (QED) is 0.621. The molecule has 0 spiro atoms. The van der Waals surface area contributed by atoms with Crippen molar-refractivity contribution in [3.8, 4) is 11.1 Å². The van der Waals surface area contributed by atoms with Crippen LogP contribution in [-0.4, -0.2) is 35.5 Å². The van der Waals surface area contributed by atoms with Crippen LogP contribution in [0.5, 0.6) is 0 Å². The lowest BCUT2D eigenvalue weighted by Gasteiger charge is -2.10. The lowest BCUT2D eigenvalue weighted by atomic mass is 10.1. The number of imidazole rings is 1. The van der Waals surface area contributed by atoms with E-state index in [2.05, 4.69) is 38.5 Å². The smallest absolute Gasteiger partial charge is 0.241 e. The van der Waals surface area contributed by atoms with Gasteiger partial charge in [-0.2, -0.15) is 0 Å². The molecule has 0 unspecified atom stereocenters. The van der Waals surface area contributed by atoms with E-state index in [0.29, 0.717) is 17.1 Å². The van der Waals surface area contributed by atoms with Crippen LogP contribution in [0, 0.1) is 12.3 Å². The minimum atomic E-state index is 0.421. The summed E-state index contributed by atoms with van der Waals surface area (Å²) < 4.78 is 3.86. The van der Waals surface area contributed by atoms with Gasteiger partial charge in [0, 0.05) is 42.0 Å². The Morgan fingerprint density at radius 1 is 1.16 bits per heavy atom. The van der Waals surface area contributed by atoms with Gasteiger partial charge in [0.1, 0.15) is 0 Å². The van der Waals surface area contributed by atoms with Crippen LogP contribution in [0.2, 0.25) is 0 Å². The van der Waals surface area contributed by atoms with Crippen molar-refractivity contribution in [2.45, 2.75) is 26.7 Å². The molecule has 4 heterocycles. The SMILES string of the molecule is Cc1cnc2ncc(-c3ccn4nc(NCC5(C)CC5)ncc34)cn12. The van der Waals surface area contributed by atoms with Crippen LogP contribution in [0.1, 0.15) is 25.5 Å². The second-order valence-electron chi connectivity index (χ2n) is 7.22. The van der Waals surface area contributed by atoms with Gasteiger partial charge in [0.05, 0.1) is 17.9 Å². The molecule has 0 bridgehead atoms. The topological polar surface area (TPSA) is 72.4 Å². The summed E-state index contributed by atoms with van der Waals surface area (Å²) >= 11 is 0. The fourth-order valence-corrected chi connectivity index (χ4v) is 3.04. The van der Waals surface area contributed by atoms with Crippen molar-refractivity contribution in [3.63, 3.8) is 0 Å². The molecule has 7 heteroatoms. The van der Waals surface area contributed by atoms with Crippen LogP contribution >= 0.6 is 0 Å². The zero-order valence-electron chi connectivity index (χ0n) is 14.3. The summed E-state index contributed by atoms with van der Waals surface area (Å²) in [6.07, 6.45) is 12.1. The summed E-state index contributed by atoms with van der Waals surface area (Å²) in [7, 11) is 0. The molecular weight excluding hydrogens is 314 g/mol. The Bertz CT molecular complexity index is 1090. The van der Waals surface area contributed by atoms with Crippen molar-refractivity contribution < 1.29 is 0 Å². The molecule has 0 aliphatic heterocycles. The molecule has 4 aromatic heterocycles. The summed E-state index contributed by atoms with van der Waals surface area (Å²) in [5.41, 5.74) is 4.52. The van der Waals surface area contributed by atoms with Crippen LogP contribution in [0.3, 0.4) is 0 Å². The molecule has 7 nitrogen and oxygen atoms in total. The van der Waals surface area contributed by atoms with Gasteiger partial charge in [-0.25, -0.2) is 19.5 Å². The molecule has 1 aliphatic carbocycles. The Labute approximate surface area is 144 Å². The summed E-state index contributed by atoms with van der Waals surface area (Å²) in [5.74, 6) is 1.38. The van der Waals surface area contributed by atoms with Crippen LogP contribution in [-0.2, 0) is 0 Å². The number of nitrogens with one attached hydrogen (secondary N) is 1. The number of hydrogen-bond acceptors (Lipinski definition) is 5. The van der Waals surface area contributed by atoms with Gasteiger partial charge in [0.25, 0.3) is 0 Å². The van der Waals surface area contributed by atoms with Crippen molar-refractivity contribution in [1.29, 1.82) is 0 Å². The van der Waals surface area contributed by atoms with Gasteiger partial charge in [0.15, 0.2) is 0 Å². The fraction of sp³-hybridized carbons (Fsp3) is 0.333. The monoisotopic (exact) mass is 333 g/mol. The van der Waals surface area contributed by atoms with Gasteiger partial charge in [0.2, 0.25) is 11.7 Å². The molecule has 126 valence electrons. The lowest BCUT2D eigenvalue weighted by Crippen LogP contribution is -2.14. The molecule has 4 aromatic rings. The molecule has 1 saturated carbocycles. The van der Waals surface area contributed by atoms with E-state index in [0.717, 1.165) is 28.9 Å². The lowest BCUT2D eigenvalue weighted by molar-refractivity contribution is 0.606. The number of aryl methyl sites for hydroxylation is 1. The fourth-order valence-electron chi connectivity index (χ4n) is 3.04. The minimum absolute atomic E-state index is 0.421. The third-order valence-electron chi connectivity index (χ3n) is 5.05. The number of nitrogens with zero attached hydrogens (tertiary/aromatic N) is 6. The van der Waals surface area contributed by atoms with E-state index in [1.165, 1.54) is 12.8 Å². The number of fused-ring (bicyclic) bond motifs is 2. The maximum Gasteiger partial charge on any atom is 0.241 e. The van der Waals surface area contributed by atoms with Crippen LogP contribution in [0.25, 0.3) is 22.4 Å². The molecule has 5 rings (SSSR count). The van der Waals surface area contributed by atoms with Crippen LogP contribution in [0.4, 0.5) is 5.95 Å². The van der Waals surface area contributed by atoms with E-state index in [4.69, 9.17) is 0 Å². The molecule has 25 heavy (non-hydrogen) atoms. The molecule has 0 radical (unpaired) electrons. The normalized spacial score (nSPS) is 15.8. The first kappa shape index (κ1) is 14.4. The van der Waals surface area contributed by atoms with Crippen LogP contribution < -0.4 is 5.32 Å². The molecule has 0 aromatic carbocycles. The predicted molar refractivity (Wildman–Crippen MR) is 95.5 cm³/mol. The van der Waals surface area contributed by atoms with E-state index in [-0.39, 0.29) is 0 Å². The van der Waals surface area contributed by atoms with Crippen LogP contribution in [0.15, 0.2) is 37.1 Å². The van der Waals surface area contributed by atoms with E-state index in [1.54, 1.807) is 0 Å². The number of aromatic nitrogens is 6. The third-order valence-corrected chi connectivity index (χ3v) is 5.05. The van der Waals surface area contributed by atoms with Gasteiger partial charge in [-0.1, -0.05) is 6.92 Å². The first-order chi connectivity index (χ1) is 12.1. The maximum absolute atomic E-state index is 4.58. The Balaban J connectivity index is 1.51.